The largest absolute Gasteiger partial charge is 0.493 e. The van der Waals surface area contributed by atoms with Gasteiger partial charge in [-0.05, 0) is 29.8 Å². The quantitative estimate of drug-likeness (QED) is 0.649. The second kappa shape index (κ2) is 8.94. The first kappa shape index (κ1) is 19.3. The second-order valence-electron chi connectivity index (χ2n) is 6.11. The van der Waals surface area contributed by atoms with Gasteiger partial charge in [0.1, 0.15) is 0 Å². The van der Waals surface area contributed by atoms with Gasteiger partial charge in [0, 0.05) is 36.6 Å². The number of hydrogen-bond acceptors (Lipinski definition) is 5. The van der Waals surface area contributed by atoms with Crippen LogP contribution in [0.3, 0.4) is 0 Å². The van der Waals surface area contributed by atoms with Crippen LogP contribution < -0.4 is 19.5 Å². The standard InChI is InChI=1S/C21H23N3O4/c1-26-18-9-8-17(19(27-2)20(18)28-3)12-23-21(25)16-6-4-15(5-7-16)13-24-11-10-22-14-24/h4-11,14H,12-13H2,1-3H3,(H,23,25). The monoisotopic (exact) mass is 381 g/mol. The van der Waals surface area contributed by atoms with Gasteiger partial charge < -0.3 is 24.1 Å². The van der Waals surface area contributed by atoms with Crippen molar-refractivity contribution in [2.24, 2.45) is 0 Å². The molecule has 0 saturated heterocycles. The molecule has 28 heavy (non-hydrogen) atoms. The van der Waals surface area contributed by atoms with Crippen molar-refractivity contribution >= 4 is 5.91 Å². The molecule has 0 aliphatic carbocycles. The summed E-state index contributed by atoms with van der Waals surface area (Å²) in [5.41, 5.74) is 2.48. The van der Waals surface area contributed by atoms with Crippen LogP contribution >= 0.6 is 0 Å². The number of ether oxygens (including phenoxy) is 3. The molecule has 3 rings (SSSR count). The number of amides is 1. The fourth-order valence-electron chi connectivity index (χ4n) is 2.93. The van der Waals surface area contributed by atoms with E-state index in [1.165, 1.54) is 0 Å². The second-order valence-corrected chi connectivity index (χ2v) is 6.11. The molecular weight excluding hydrogens is 358 g/mol. The number of carbonyl (C=O) groups excluding carboxylic acids is 1. The number of imidazole rings is 1. The third-order valence-electron chi connectivity index (χ3n) is 4.37. The van der Waals surface area contributed by atoms with Crippen LogP contribution in [0.2, 0.25) is 0 Å². The van der Waals surface area contributed by atoms with E-state index in [9.17, 15) is 4.79 Å². The molecule has 0 radical (unpaired) electrons. The zero-order valence-corrected chi connectivity index (χ0v) is 16.1. The first-order chi connectivity index (χ1) is 13.7. The summed E-state index contributed by atoms with van der Waals surface area (Å²) < 4.78 is 18.1. The van der Waals surface area contributed by atoms with E-state index in [1.54, 1.807) is 39.9 Å². The molecule has 0 spiro atoms. The zero-order chi connectivity index (χ0) is 19.9. The normalized spacial score (nSPS) is 10.4. The maximum atomic E-state index is 12.5. The van der Waals surface area contributed by atoms with Crippen LogP contribution in [0.25, 0.3) is 0 Å². The average Bonchev–Trinajstić information content (AvgIpc) is 3.24. The fraction of sp³-hybridized carbons (Fsp3) is 0.238. The zero-order valence-electron chi connectivity index (χ0n) is 16.1. The molecule has 0 aliphatic rings. The number of nitrogens with one attached hydrogen (secondary N) is 1. The van der Waals surface area contributed by atoms with Gasteiger partial charge in [0.05, 0.1) is 27.7 Å². The van der Waals surface area contributed by atoms with Gasteiger partial charge in [-0.1, -0.05) is 12.1 Å². The van der Waals surface area contributed by atoms with Gasteiger partial charge >= 0.3 is 0 Å². The first-order valence-corrected chi connectivity index (χ1v) is 8.77. The van der Waals surface area contributed by atoms with Crippen LogP contribution in [0.15, 0.2) is 55.1 Å². The Labute approximate surface area is 163 Å². The molecule has 0 fully saturated rings. The number of aromatic nitrogens is 2. The minimum atomic E-state index is -0.161. The third-order valence-corrected chi connectivity index (χ3v) is 4.37. The molecule has 0 atom stereocenters. The lowest BCUT2D eigenvalue weighted by atomic mass is 10.1. The average molecular weight is 381 g/mol. The lowest BCUT2D eigenvalue weighted by molar-refractivity contribution is 0.0950. The molecule has 7 heteroatoms. The Morgan fingerprint density at radius 1 is 1.00 bits per heavy atom. The summed E-state index contributed by atoms with van der Waals surface area (Å²) in [5, 5.41) is 2.91. The Morgan fingerprint density at radius 3 is 2.36 bits per heavy atom. The highest BCUT2D eigenvalue weighted by atomic mass is 16.5. The van der Waals surface area contributed by atoms with Crippen molar-refractivity contribution in [2.45, 2.75) is 13.1 Å². The van der Waals surface area contributed by atoms with E-state index >= 15 is 0 Å². The van der Waals surface area contributed by atoms with Crippen LogP contribution in [0.4, 0.5) is 0 Å². The van der Waals surface area contributed by atoms with E-state index in [2.05, 4.69) is 10.3 Å². The summed E-state index contributed by atoms with van der Waals surface area (Å²) in [6.07, 6.45) is 5.40. The molecule has 0 aliphatic heterocycles. The van der Waals surface area contributed by atoms with Crippen molar-refractivity contribution in [1.82, 2.24) is 14.9 Å². The minimum absolute atomic E-state index is 0.161. The third kappa shape index (κ3) is 4.25. The molecular formula is C21H23N3O4. The minimum Gasteiger partial charge on any atom is -0.493 e. The summed E-state index contributed by atoms with van der Waals surface area (Å²) >= 11 is 0. The number of rotatable bonds is 8. The van der Waals surface area contributed by atoms with Gasteiger partial charge in [0.25, 0.3) is 5.91 Å². The van der Waals surface area contributed by atoms with E-state index in [0.29, 0.717) is 35.9 Å². The Hall–Kier alpha value is -3.48. The van der Waals surface area contributed by atoms with E-state index in [0.717, 1.165) is 11.1 Å². The van der Waals surface area contributed by atoms with Crippen molar-refractivity contribution in [3.8, 4) is 17.2 Å². The molecule has 7 nitrogen and oxygen atoms in total. The molecule has 1 amide bonds. The van der Waals surface area contributed by atoms with E-state index in [1.807, 2.05) is 41.1 Å². The van der Waals surface area contributed by atoms with Crippen LogP contribution in [-0.2, 0) is 13.1 Å². The first-order valence-electron chi connectivity index (χ1n) is 8.77. The lowest BCUT2D eigenvalue weighted by Crippen LogP contribution is -2.23. The predicted molar refractivity (Wildman–Crippen MR) is 105 cm³/mol. The van der Waals surface area contributed by atoms with E-state index in [-0.39, 0.29) is 5.91 Å². The number of methoxy groups -OCH3 is 3. The maximum Gasteiger partial charge on any atom is 0.251 e. The van der Waals surface area contributed by atoms with Crippen LogP contribution in [0, 0.1) is 0 Å². The molecule has 1 aromatic heterocycles. The van der Waals surface area contributed by atoms with Gasteiger partial charge in [-0.15, -0.1) is 0 Å². The van der Waals surface area contributed by atoms with Crippen molar-refractivity contribution in [3.63, 3.8) is 0 Å². The Morgan fingerprint density at radius 2 is 1.75 bits per heavy atom. The van der Waals surface area contributed by atoms with E-state index < -0.39 is 0 Å². The Bertz CT molecular complexity index is 922. The Kier molecular flexibility index (Phi) is 6.16. The number of benzene rings is 2. The van der Waals surface area contributed by atoms with Crippen molar-refractivity contribution in [2.75, 3.05) is 21.3 Å². The van der Waals surface area contributed by atoms with E-state index in [4.69, 9.17) is 14.2 Å². The van der Waals surface area contributed by atoms with Gasteiger partial charge in [0.15, 0.2) is 11.5 Å². The van der Waals surface area contributed by atoms with Crippen molar-refractivity contribution in [3.05, 3.63) is 71.8 Å². The summed E-state index contributed by atoms with van der Waals surface area (Å²) in [6, 6.07) is 11.1. The summed E-state index contributed by atoms with van der Waals surface area (Å²) in [4.78, 5) is 16.5. The molecule has 1 N–H and O–H groups in total. The van der Waals surface area contributed by atoms with Gasteiger partial charge in [0.2, 0.25) is 5.75 Å². The molecule has 0 unspecified atom stereocenters. The van der Waals surface area contributed by atoms with Gasteiger partial charge in [-0.3, -0.25) is 4.79 Å². The van der Waals surface area contributed by atoms with Crippen LogP contribution in [0.5, 0.6) is 17.2 Å². The van der Waals surface area contributed by atoms with Crippen molar-refractivity contribution < 1.29 is 19.0 Å². The molecule has 0 bridgehead atoms. The SMILES string of the molecule is COc1ccc(CNC(=O)c2ccc(Cn3ccnc3)cc2)c(OC)c1OC. The highest BCUT2D eigenvalue weighted by molar-refractivity contribution is 5.94. The smallest absolute Gasteiger partial charge is 0.251 e. The molecule has 146 valence electrons. The number of nitrogens with zero attached hydrogens (tertiary/aromatic N) is 2. The number of carbonyl (C=O) groups is 1. The predicted octanol–water partition coefficient (Wildman–Crippen LogP) is 2.89. The topological polar surface area (TPSA) is 74.6 Å². The van der Waals surface area contributed by atoms with Crippen molar-refractivity contribution in [1.29, 1.82) is 0 Å². The molecule has 0 saturated carbocycles. The highest BCUT2D eigenvalue weighted by Crippen LogP contribution is 2.39. The van der Waals surface area contributed by atoms with Crippen LogP contribution in [-0.4, -0.2) is 36.8 Å². The molecule has 1 heterocycles. The molecule has 3 aromatic rings. The van der Waals surface area contributed by atoms with Crippen LogP contribution in [0.1, 0.15) is 21.5 Å². The summed E-state index contributed by atoms with van der Waals surface area (Å²) in [6.45, 7) is 1.02. The molecule has 2 aromatic carbocycles. The lowest BCUT2D eigenvalue weighted by Gasteiger charge is -2.16. The summed E-state index contributed by atoms with van der Waals surface area (Å²) in [7, 11) is 4.67. The number of hydrogen-bond donors (Lipinski definition) is 1. The summed E-state index contributed by atoms with van der Waals surface area (Å²) in [5.74, 6) is 1.45. The van der Waals surface area contributed by atoms with Gasteiger partial charge in [-0.25, -0.2) is 4.98 Å². The fourth-order valence-corrected chi connectivity index (χ4v) is 2.93. The highest BCUT2D eigenvalue weighted by Gasteiger charge is 2.16. The van der Waals surface area contributed by atoms with Gasteiger partial charge in [-0.2, -0.15) is 0 Å². The maximum absolute atomic E-state index is 12.5. The Balaban J connectivity index is 1.67.